The van der Waals surface area contributed by atoms with Crippen LogP contribution in [-0.2, 0) is 11.3 Å². The Bertz CT molecular complexity index is 495. The van der Waals surface area contributed by atoms with Crippen LogP contribution in [0.4, 0.5) is 0 Å². The molecule has 0 saturated carbocycles. The van der Waals surface area contributed by atoms with Gasteiger partial charge in [-0.25, -0.2) is 4.98 Å². The highest BCUT2D eigenvalue weighted by atomic mass is 32.2. The van der Waals surface area contributed by atoms with E-state index >= 15 is 0 Å². The van der Waals surface area contributed by atoms with Crippen LogP contribution in [0.3, 0.4) is 0 Å². The number of ether oxygens (including phenoxy) is 1. The van der Waals surface area contributed by atoms with Crippen LogP contribution in [0, 0.1) is 0 Å². The summed E-state index contributed by atoms with van der Waals surface area (Å²) < 4.78 is 7.28. The molecule has 2 rings (SSSR count). The Morgan fingerprint density at radius 2 is 2.42 bits per heavy atom. The molecule has 2 aromatic heterocycles. The number of nitrogens with zero attached hydrogens (tertiary/aromatic N) is 2. The lowest BCUT2D eigenvalue weighted by atomic mass is 10.4. The Morgan fingerprint density at radius 3 is 3.21 bits per heavy atom. The fourth-order valence-corrected chi connectivity index (χ4v) is 3.58. The largest absolute Gasteiger partial charge is 0.385 e. The maximum Gasteiger partial charge on any atom is 0.194 e. The molecule has 0 unspecified atom stereocenters. The quantitative estimate of drug-likeness (QED) is 0.570. The van der Waals surface area contributed by atoms with Crippen molar-refractivity contribution >= 4 is 28.1 Å². The average Bonchev–Trinajstić information content (AvgIpc) is 2.97. The van der Waals surface area contributed by atoms with Gasteiger partial charge in [0.15, 0.2) is 4.96 Å². The zero-order valence-corrected chi connectivity index (χ0v) is 13.1. The minimum atomic E-state index is 0.818. The van der Waals surface area contributed by atoms with E-state index in [1.165, 1.54) is 5.69 Å². The molecule has 0 atom stereocenters. The van der Waals surface area contributed by atoms with Crippen LogP contribution >= 0.6 is 23.1 Å². The number of thioether (sulfide) groups is 1. The second-order valence-electron chi connectivity index (χ2n) is 4.29. The maximum absolute atomic E-state index is 5.08. The third-order valence-corrected chi connectivity index (χ3v) is 4.62. The fraction of sp³-hybridized carbons (Fsp3) is 0.615. The zero-order chi connectivity index (χ0) is 13.5. The molecule has 1 N–H and O–H groups in total. The van der Waals surface area contributed by atoms with Gasteiger partial charge in [0.2, 0.25) is 0 Å². The van der Waals surface area contributed by atoms with Crippen molar-refractivity contribution in [3.63, 3.8) is 0 Å². The Labute approximate surface area is 122 Å². The van der Waals surface area contributed by atoms with Crippen molar-refractivity contribution in [2.45, 2.75) is 31.3 Å². The highest BCUT2D eigenvalue weighted by Gasteiger charge is 2.12. The van der Waals surface area contributed by atoms with Crippen molar-refractivity contribution in [1.82, 2.24) is 14.7 Å². The van der Waals surface area contributed by atoms with Gasteiger partial charge in [0, 0.05) is 37.6 Å². The third kappa shape index (κ3) is 3.95. The van der Waals surface area contributed by atoms with E-state index in [4.69, 9.17) is 9.72 Å². The minimum absolute atomic E-state index is 0.818. The highest BCUT2D eigenvalue weighted by molar-refractivity contribution is 7.99. The third-order valence-electron chi connectivity index (χ3n) is 2.78. The molecule has 19 heavy (non-hydrogen) atoms. The predicted octanol–water partition coefficient (Wildman–Crippen LogP) is 3.02. The first-order valence-corrected chi connectivity index (χ1v) is 8.50. The highest BCUT2D eigenvalue weighted by Crippen LogP contribution is 2.26. The van der Waals surface area contributed by atoms with Gasteiger partial charge in [-0.15, -0.1) is 23.1 Å². The number of thiazole rings is 1. The molecular weight excluding hydrogens is 278 g/mol. The zero-order valence-electron chi connectivity index (χ0n) is 11.5. The SMILES string of the molecule is CCCNCc1c(SCCCOC)nc2sccn12. The first-order chi connectivity index (χ1) is 9.36. The van der Waals surface area contributed by atoms with E-state index in [2.05, 4.69) is 28.2 Å². The van der Waals surface area contributed by atoms with Gasteiger partial charge < -0.3 is 10.1 Å². The van der Waals surface area contributed by atoms with Gasteiger partial charge in [-0.05, 0) is 19.4 Å². The van der Waals surface area contributed by atoms with Crippen LogP contribution in [0.25, 0.3) is 4.96 Å². The minimum Gasteiger partial charge on any atom is -0.385 e. The van der Waals surface area contributed by atoms with Gasteiger partial charge >= 0.3 is 0 Å². The topological polar surface area (TPSA) is 38.6 Å². The molecule has 6 heteroatoms. The molecule has 0 aliphatic carbocycles. The Morgan fingerprint density at radius 1 is 1.53 bits per heavy atom. The number of methoxy groups -OCH3 is 1. The van der Waals surface area contributed by atoms with Gasteiger partial charge in [-0.1, -0.05) is 6.92 Å². The van der Waals surface area contributed by atoms with Crippen molar-refractivity contribution in [2.75, 3.05) is 26.0 Å². The lowest BCUT2D eigenvalue weighted by Gasteiger charge is -2.05. The number of nitrogens with one attached hydrogen (secondary N) is 1. The molecule has 0 aliphatic heterocycles. The Kier molecular flexibility index (Phi) is 6.16. The number of imidazole rings is 1. The number of rotatable bonds is 9. The van der Waals surface area contributed by atoms with E-state index in [0.717, 1.165) is 48.3 Å². The average molecular weight is 299 g/mol. The lowest BCUT2D eigenvalue weighted by Crippen LogP contribution is -2.15. The summed E-state index contributed by atoms with van der Waals surface area (Å²) >= 11 is 3.52. The summed E-state index contributed by atoms with van der Waals surface area (Å²) in [5.74, 6) is 1.06. The van der Waals surface area contributed by atoms with Gasteiger partial charge in [-0.2, -0.15) is 0 Å². The second kappa shape index (κ2) is 7.89. The first kappa shape index (κ1) is 14.8. The summed E-state index contributed by atoms with van der Waals surface area (Å²) in [7, 11) is 1.75. The van der Waals surface area contributed by atoms with Gasteiger partial charge in [-0.3, -0.25) is 4.40 Å². The van der Waals surface area contributed by atoms with Gasteiger partial charge in [0.25, 0.3) is 0 Å². The van der Waals surface area contributed by atoms with Crippen molar-refractivity contribution in [3.05, 3.63) is 17.3 Å². The summed E-state index contributed by atoms with van der Waals surface area (Å²) in [4.78, 5) is 5.80. The predicted molar refractivity (Wildman–Crippen MR) is 82.3 cm³/mol. The van der Waals surface area contributed by atoms with Crippen molar-refractivity contribution in [2.24, 2.45) is 0 Å². The lowest BCUT2D eigenvalue weighted by molar-refractivity contribution is 0.200. The molecule has 2 heterocycles. The van der Waals surface area contributed by atoms with Crippen molar-refractivity contribution < 1.29 is 4.74 Å². The summed E-state index contributed by atoms with van der Waals surface area (Å²) in [5, 5.41) is 6.71. The van der Waals surface area contributed by atoms with E-state index in [0.29, 0.717) is 0 Å². The number of fused-ring (bicyclic) bond motifs is 1. The fourth-order valence-electron chi connectivity index (χ4n) is 1.84. The van der Waals surface area contributed by atoms with E-state index in [1.54, 1.807) is 18.4 Å². The summed E-state index contributed by atoms with van der Waals surface area (Å²) in [6, 6.07) is 0. The molecule has 106 valence electrons. The van der Waals surface area contributed by atoms with Crippen LogP contribution in [0.1, 0.15) is 25.5 Å². The first-order valence-electron chi connectivity index (χ1n) is 6.63. The van der Waals surface area contributed by atoms with E-state index in [1.807, 2.05) is 11.8 Å². The second-order valence-corrected chi connectivity index (χ2v) is 6.25. The normalized spacial score (nSPS) is 11.5. The summed E-state index contributed by atoms with van der Waals surface area (Å²) in [6.07, 6.45) is 4.32. The molecule has 0 aromatic carbocycles. The Hall–Kier alpha value is -0.560. The smallest absolute Gasteiger partial charge is 0.194 e. The number of hydrogen-bond donors (Lipinski definition) is 1. The van der Waals surface area contributed by atoms with Crippen LogP contribution in [0.15, 0.2) is 16.6 Å². The van der Waals surface area contributed by atoms with Crippen molar-refractivity contribution in [3.8, 4) is 0 Å². The Balaban J connectivity index is 2.03. The molecule has 0 fully saturated rings. The van der Waals surface area contributed by atoms with Gasteiger partial charge in [0.1, 0.15) is 5.03 Å². The molecule has 0 spiro atoms. The molecule has 4 nitrogen and oxygen atoms in total. The van der Waals surface area contributed by atoms with Crippen LogP contribution < -0.4 is 5.32 Å². The standard InChI is InChI=1S/C13H21N3OS2/c1-3-5-14-10-11-12(18-8-4-7-17-2)15-13-16(11)6-9-19-13/h6,9,14H,3-5,7-8,10H2,1-2H3. The van der Waals surface area contributed by atoms with Gasteiger partial charge in [0.05, 0.1) is 5.69 Å². The number of aromatic nitrogens is 2. The maximum atomic E-state index is 5.08. The monoisotopic (exact) mass is 299 g/mol. The van der Waals surface area contributed by atoms with Crippen LogP contribution in [0.2, 0.25) is 0 Å². The molecular formula is C13H21N3OS2. The number of hydrogen-bond acceptors (Lipinski definition) is 5. The van der Waals surface area contributed by atoms with E-state index in [-0.39, 0.29) is 0 Å². The molecule has 0 amide bonds. The molecule has 0 aliphatic rings. The molecule has 0 radical (unpaired) electrons. The van der Waals surface area contributed by atoms with Crippen molar-refractivity contribution in [1.29, 1.82) is 0 Å². The van der Waals surface area contributed by atoms with Crippen LogP contribution in [-0.4, -0.2) is 35.4 Å². The molecule has 0 bridgehead atoms. The molecule has 2 aromatic rings. The van der Waals surface area contributed by atoms with E-state index in [9.17, 15) is 0 Å². The molecule has 0 saturated heterocycles. The summed E-state index contributed by atoms with van der Waals surface area (Å²) in [5.41, 5.74) is 1.28. The van der Waals surface area contributed by atoms with E-state index < -0.39 is 0 Å². The summed E-state index contributed by atoms with van der Waals surface area (Å²) in [6.45, 7) is 4.94. The van der Waals surface area contributed by atoms with Crippen LogP contribution in [0.5, 0.6) is 0 Å².